The summed E-state index contributed by atoms with van der Waals surface area (Å²) in [4.78, 5) is 8.15. The Bertz CT molecular complexity index is 1160. The Morgan fingerprint density at radius 2 is 1.44 bits per heavy atom. The molecule has 0 aliphatic rings. The van der Waals surface area contributed by atoms with Crippen molar-refractivity contribution in [2.24, 2.45) is 0 Å². The zero-order chi connectivity index (χ0) is 17.2. The van der Waals surface area contributed by atoms with E-state index in [1.54, 1.807) is 33.1 Å². The molecule has 0 aliphatic heterocycles. The summed E-state index contributed by atoms with van der Waals surface area (Å²) in [6.07, 6.45) is 10.5. The molecule has 0 radical (unpaired) electrons. The first-order valence-electron chi connectivity index (χ1n) is 7.65. The minimum atomic E-state index is -0.0458. The number of pyridine rings is 2. The standard InChI is InChI=1S/C19H14N4O2/c24-18-14(22-12-6-4-10-16(22)20-18)8-2-1-3-9-15-19(25)21-17-11-5-7-13-23(15)17/h1-2,4-13,24-25H. The maximum absolute atomic E-state index is 9.93. The minimum absolute atomic E-state index is 0.0285. The van der Waals surface area contributed by atoms with Crippen molar-refractivity contribution in [3.8, 4) is 11.8 Å². The molecule has 0 saturated heterocycles. The number of aromatic hydroxyl groups is 2. The summed E-state index contributed by atoms with van der Waals surface area (Å²) < 4.78 is 3.57. The molecule has 25 heavy (non-hydrogen) atoms. The van der Waals surface area contributed by atoms with E-state index in [4.69, 9.17) is 0 Å². The fraction of sp³-hybridized carbons (Fsp3) is 0. The van der Waals surface area contributed by atoms with Gasteiger partial charge in [-0.2, -0.15) is 9.97 Å². The van der Waals surface area contributed by atoms with E-state index in [0.29, 0.717) is 22.7 Å². The zero-order valence-electron chi connectivity index (χ0n) is 13.1. The van der Waals surface area contributed by atoms with Crippen LogP contribution >= 0.6 is 0 Å². The van der Waals surface area contributed by atoms with Crippen molar-refractivity contribution in [3.63, 3.8) is 0 Å². The van der Waals surface area contributed by atoms with Crippen molar-refractivity contribution >= 4 is 23.4 Å². The number of nitrogens with zero attached hydrogens (tertiary/aromatic N) is 4. The van der Waals surface area contributed by atoms with Gasteiger partial charge < -0.3 is 10.2 Å². The third-order valence-electron chi connectivity index (χ3n) is 3.76. The highest BCUT2D eigenvalue weighted by molar-refractivity contribution is 5.61. The summed E-state index contributed by atoms with van der Waals surface area (Å²) in [6, 6.07) is 11.1. The highest BCUT2D eigenvalue weighted by atomic mass is 16.3. The molecule has 2 N–H and O–H groups in total. The molecule has 6 nitrogen and oxygen atoms in total. The van der Waals surface area contributed by atoms with Gasteiger partial charge in [0, 0.05) is 18.5 Å². The summed E-state index contributed by atoms with van der Waals surface area (Å²) in [5.41, 5.74) is 5.47. The Morgan fingerprint density at radius 3 is 2.12 bits per heavy atom. The van der Waals surface area contributed by atoms with Crippen LogP contribution < -0.4 is 0 Å². The third kappa shape index (κ3) is 2.67. The lowest BCUT2D eigenvalue weighted by molar-refractivity contribution is 0.455. The Morgan fingerprint density at radius 1 is 0.840 bits per heavy atom. The molecule has 0 saturated carbocycles. The first-order valence-corrected chi connectivity index (χ1v) is 7.65. The van der Waals surface area contributed by atoms with Crippen LogP contribution in [0.4, 0.5) is 0 Å². The molecule has 0 aromatic carbocycles. The monoisotopic (exact) mass is 330 g/mol. The minimum Gasteiger partial charge on any atom is -0.492 e. The number of hydrogen-bond donors (Lipinski definition) is 2. The molecular weight excluding hydrogens is 316 g/mol. The van der Waals surface area contributed by atoms with E-state index in [9.17, 15) is 10.2 Å². The van der Waals surface area contributed by atoms with Gasteiger partial charge in [-0.05, 0) is 36.4 Å². The SMILES string of the molecule is Oc1nc2ccccn2c1C=C=CC=Cc1c(O)nc2ccccn12. The molecule has 0 bridgehead atoms. The van der Waals surface area contributed by atoms with Crippen LogP contribution in [-0.4, -0.2) is 29.0 Å². The maximum Gasteiger partial charge on any atom is 0.238 e. The van der Waals surface area contributed by atoms with E-state index in [1.807, 2.05) is 48.8 Å². The average Bonchev–Trinajstić information content (AvgIpc) is 3.11. The summed E-state index contributed by atoms with van der Waals surface area (Å²) in [5.74, 6) is -0.0743. The molecular formula is C19H14N4O2. The van der Waals surface area contributed by atoms with Crippen LogP contribution in [0.1, 0.15) is 11.4 Å². The summed E-state index contributed by atoms with van der Waals surface area (Å²) >= 11 is 0. The van der Waals surface area contributed by atoms with Gasteiger partial charge in [0.15, 0.2) is 0 Å². The number of fused-ring (bicyclic) bond motifs is 2. The van der Waals surface area contributed by atoms with Crippen LogP contribution in [0.3, 0.4) is 0 Å². The zero-order valence-corrected chi connectivity index (χ0v) is 13.1. The van der Waals surface area contributed by atoms with Crippen LogP contribution in [0.5, 0.6) is 11.8 Å². The van der Waals surface area contributed by atoms with Crippen LogP contribution in [0.2, 0.25) is 0 Å². The van der Waals surface area contributed by atoms with Gasteiger partial charge in [-0.3, -0.25) is 8.80 Å². The highest BCUT2D eigenvalue weighted by Gasteiger charge is 2.07. The Kier molecular flexibility index (Phi) is 3.57. The fourth-order valence-electron chi connectivity index (χ4n) is 2.62. The largest absolute Gasteiger partial charge is 0.492 e. The lowest BCUT2D eigenvalue weighted by Gasteiger charge is -1.94. The molecule has 0 amide bonds. The van der Waals surface area contributed by atoms with Gasteiger partial charge in [-0.15, -0.1) is 5.73 Å². The van der Waals surface area contributed by atoms with Gasteiger partial charge in [0.2, 0.25) is 11.8 Å². The van der Waals surface area contributed by atoms with Crippen LogP contribution in [0.15, 0.2) is 66.7 Å². The Labute approximate surface area is 143 Å². The molecule has 4 aromatic rings. The number of rotatable bonds is 3. The van der Waals surface area contributed by atoms with Gasteiger partial charge in [0.25, 0.3) is 0 Å². The van der Waals surface area contributed by atoms with Gasteiger partial charge in [0.1, 0.15) is 22.7 Å². The second-order valence-electron chi connectivity index (χ2n) is 5.34. The molecule has 4 aromatic heterocycles. The third-order valence-corrected chi connectivity index (χ3v) is 3.76. The topological polar surface area (TPSA) is 75.1 Å². The molecule has 0 unspecified atom stereocenters. The van der Waals surface area contributed by atoms with Crippen molar-refractivity contribution in [3.05, 3.63) is 78.1 Å². The van der Waals surface area contributed by atoms with E-state index >= 15 is 0 Å². The predicted octanol–water partition coefficient (Wildman–Crippen LogP) is 3.27. The van der Waals surface area contributed by atoms with E-state index in [0.717, 1.165) is 0 Å². The predicted molar refractivity (Wildman–Crippen MR) is 95.3 cm³/mol. The second-order valence-corrected chi connectivity index (χ2v) is 5.34. The van der Waals surface area contributed by atoms with Crippen molar-refractivity contribution in [2.75, 3.05) is 0 Å². The first kappa shape index (κ1) is 14.8. The second kappa shape index (κ2) is 6.03. The van der Waals surface area contributed by atoms with Crippen molar-refractivity contribution in [1.82, 2.24) is 18.8 Å². The van der Waals surface area contributed by atoms with Crippen molar-refractivity contribution in [1.29, 1.82) is 0 Å². The van der Waals surface area contributed by atoms with Crippen molar-refractivity contribution < 1.29 is 10.2 Å². The average molecular weight is 330 g/mol. The van der Waals surface area contributed by atoms with E-state index in [1.165, 1.54) is 0 Å². The number of hydrogen-bond acceptors (Lipinski definition) is 4. The van der Waals surface area contributed by atoms with E-state index in [2.05, 4.69) is 15.7 Å². The lowest BCUT2D eigenvalue weighted by atomic mass is 10.3. The van der Waals surface area contributed by atoms with Crippen LogP contribution in [0, 0.1) is 0 Å². The lowest BCUT2D eigenvalue weighted by Crippen LogP contribution is -1.84. The number of allylic oxidation sites excluding steroid dienone is 2. The van der Waals surface area contributed by atoms with E-state index in [-0.39, 0.29) is 11.8 Å². The van der Waals surface area contributed by atoms with Gasteiger partial charge in [-0.1, -0.05) is 18.2 Å². The summed E-state index contributed by atoms with van der Waals surface area (Å²) in [7, 11) is 0. The van der Waals surface area contributed by atoms with Gasteiger partial charge in [0.05, 0.1) is 0 Å². The van der Waals surface area contributed by atoms with Gasteiger partial charge in [-0.25, -0.2) is 0 Å². The molecule has 0 spiro atoms. The molecule has 4 rings (SSSR count). The molecule has 0 atom stereocenters. The first-order chi connectivity index (χ1) is 12.2. The van der Waals surface area contributed by atoms with Crippen molar-refractivity contribution in [2.45, 2.75) is 0 Å². The molecule has 122 valence electrons. The maximum atomic E-state index is 9.93. The summed E-state index contributed by atoms with van der Waals surface area (Å²) in [5, 5.41) is 19.8. The van der Waals surface area contributed by atoms with E-state index < -0.39 is 0 Å². The highest BCUT2D eigenvalue weighted by Crippen LogP contribution is 2.20. The molecule has 4 heterocycles. The number of imidazole rings is 2. The normalized spacial score (nSPS) is 11.2. The molecule has 0 fully saturated rings. The Hall–Kier alpha value is -3.76. The summed E-state index contributed by atoms with van der Waals surface area (Å²) in [6.45, 7) is 0. The fourth-order valence-corrected chi connectivity index (χ4v) is 2.62. The Balaban J connectivity index is 1.63. The molecule has 6 heteroatoms. The number of aromatic nitrogens is 4. The van der Waals surface area contributed by atoms with Crippen LogP contribution in [-0.2, 0) is 0 Å². The van der Waals surface area contributed by atoms with Crippen LogP contribution in [0.25, 0.3) is 23.4 Å². The quantitative estimate of drug-likeness (QED) is 0.446. The smallest absolute Gasteiger partial charge is 0.238 e. The molecule has 0 aliphatic carbocycles. The van der Waals surface area contributed by atoms with Gasteiger partial charge >= 0.3 is 0 Å².